The Balaban J connectivity index is 1.64. The first-order valence-corrected chi connectivity index (χ1v) is 10.3. The molecule has 4 aromatic heterocycles. The second-order valence-electron chi connectivity index (χ2n) is 7.44. The summed E-state index contributed by atoms with van der Waals surface area (Å²) in [4.78, 5) is 13.7. The molecule has 1 atom stereocenters. The first-order valence-electron chi connectivity index (χ1n) is 10.3. The van der Waals surface area contributed by atoms with Crippen molar-refractivity contribution in [1.29, 1.82) is 0 Å². The van der Waals surface area contributed by atoms with Gasteiger partial charge in [0.2, 0.25) is 5.89 Å². The fraction of sp³-hybridized carbons (Fsp3) is 0.217. The number of benzene rings is 1. The van der Waals surface area contributed by atoms with Crippen LogP contribution in [-0.4, -0.2) is 42.0 Å². The zero-order valence-corrected chi connectivity index (χ0v) is 18.6. The number of nitrogens with zero attached hydrogens (tertiary/aromatic N) is 7. The van der Waals surface area contributed by atoms with E-state index in [1.807, 2.05) is 43.6 Å². The van der Waals surface area contributed by atoms with Crippen molar-refractivity contribution in [2.24, 2.45) is 7.05 Å². The highest BCUT2D eigenvalue weighted by Gasteiger charge is 2.22. The number of pyridine rings is 1. The van der Waals surface area contributed by atoms with Crippen LogP contribution in [0, 0.1) is 6.92 Å². The number of hydrogen-bond acceptors (Lipinski definition) is 9. The number of aryl methyl sites for hydroxylation is 2. The van der Waals surface area contributed by atoms with Gasteiger partial charge in [0, 0.05) is 37.4 Å². The van der Waals surface area contributed by atoms with Crippen LogP contribution in [0.3, 0.4) is 0 Å². The van der Waals surface area contributed by atoms with E-state index in [4.69, 9.17) is 18.9 Å². The highest BCUT2D eigenvalue weighted by Crippen LogP contribution is 2.37. The van der Waals surface area contributed by atoms with Gasteiger partial charge in [-0.3, -0.25) is 4.68 Å². The van der Waals surface area contributed by atoms with Crippen molar-refractivity contribution in [2.75, 3.05) is 7.11 Å². The van der Waals surface area contributed by atoms with Gasteiger partial charge in [-0.1, -0.05) is 30.3 Å². The average molecular weight is 443 g/mol. The molecule has 0 fully saturated rings. The summed E-state index contributed by atoms with van der Waals surface area (Å²) >= 11 is 0. The maximum absolute atomic E-state index is 6.05. The monoisotopic (exact) mass is 443 g/mol. The molecule has 0 bridgehead atoms. The predicted molar refractivity (Wildman–Crippen MR) is 120 cm³/mol. The van der Waals surface area contributed by atoms with Crippen LogP contribution in [0.5, 0.6) is 11.6 Å². The lowest BCUT2D eigenvalue weighted by molar-refractivity contribution is 0.172. The number of hydrogen-bond donors (Lipinski definition) is 0. The van der Waals surface area contributed by atoms with Crippen molar-refractivity contribution in [2.45, 2.75) is 20.0 Å². The predicted octanol–water partition coefficient (Wildman–Crippen LogP) is 3.93. The third-order valence-electron chi connectivity index (χ3n) is 5.07. The molecule has 0 unspecified atom stereocenters. The van der Waals surface area contributed by atoms with Crippen molar-refractivity contribution >= 4 is 11.0 Å². The quantitative estimate of drug-likeness (QED) is 0.385. The minimum atomic E-state index is -0.531. The molecule has 166 valence electrons. The molecule has 0 aliphatic carbocycles. The molecule has 0 N–H and O–H groups in total. The van der Waals surface area contributed by atoms with E-state index >= 15 is 0 Å². The molecule has 0 radical (unpaired) electrons. The van der Waals surface area contributed by atoms with Crippen molar-refractivity contribution < 1.29 is 13.9 Å². The molecule has 1 aromatic carbocycles. The molecule has 0 amide bonds. The Labute approximate surface area is 189 Å². The van der Waals surface area contributed by atoms with Crippen LogP contribution in [0.2, 0.25) is 0 Å². The SMILES string of the molecule is COc1cc2ncnc(-c3cn(C)nc3-c3ccccc3)c2nc1O[C@H](C)c1nnc(C)o1. The summed E-state index contributed by atoms with van der Waals surface area (Å²) in [6.45, 7) is 3.52. The Kier molecular flexibility index (Phi) is 5.17. The zero-order valence-electron chi connectivity index (χ0n) is 18.6. The van der Waals surface area contributed by atoms with Gasteiger partial charge in [-0.05, 0) is 6.92 Å². The lowest BCUT2D eigenvalue weighted by Gasteiger charge is -2.14. The molecule has 33 heavy (non-hydrogen) atoms. The van der Waals surface area contributed by atoms with Crippen LogP contribution in [-0.2, 0) is 7.05 Å². The van der Waals surface area contributed by atoms with Gasteiger partial charge in [0.05, 0.1) is 12.6 Å². The van der Waals surface area contributed by atoms with Gasteiger partial charge < -0.3 is 13.9 Å². The van der Waals surface area contributed by atoms with E-state index in [0.717, 1.165) is 16.8 Å². The maximum atomic E-state index is 6.05. The molecular formula is C23H21N7O3. The maximum Gasteiger partial charge on any atom is 0.258 e. The molecular weight excluding hydrogens is 422 g/mol. The molecule has 4 heterocycles. The number of aromatic nitrogens is 7. The van der Waals surface area contributed by atoms with Crippen LogP contribution < -0.4 is 9.47 Å². The molecule has 0 aliphatic rings. The lowest BCUT2D eigenvalue weighted by Crippen LogP contribution is -2.07. The Bertz CT molecular complexity index is 1430. The van der Waals surface area contributed by atoms with E-state index in [1.165, 1.54) is 6.33 Å². The fourth-order valence-electron chi connectivity index (χ4n) is 3.54. The van der Waals surface area contributed by atoms with Gasteiger partial charge in [0.25, 0.3) is 11.8 Å². The van der Waals surface area contributed by atoms with E-state index in [0.29, 0.717) is 34.3 Å². The standard InChI is InChI=1S/C23H21N7O3/c1-13(22-28-27-14(2)33-22)32-23-18(31-4)10-17-21(26-23)20(25-12-24-17)16-11-30(3)29-19(16)15-8-6-5-7-9-15/h5-13H,1-4H3/t13-/m1/s1. The minimum Gasteiger partial charge on any atom is -0.491 e. The molecule has 10 nitrogen and oxygen atoms in total. The summed E-state index contributed by atoms with van der Waals surface area (Å²) in [5, 5.41) is 12.5. The first kappa shape index (κ1) is 20.6. The van der Waals surface area contributed by atoms with E-state index < -0.39 is 6.10 Å². The smallest absolute Gasteiger partial charge is 0.258 e. The normalized spacial score (nSPS) is 12.1. The average Bonchev–Trinajstić information content (AvgIpc) is 3.44. The summed E-state index contributed by atoms with van der Waals surface area (Å²) in [7, 11) is 3.42. The lowest BCUT2D eigenvalue weighted by atomic mass is 10.0. The van der Waals surface area contributed by atoms with Gasteiger partial charge in [-0.2, -0.15) is 5.10 Å². The number of rotatable bonds is 6. The van der Waals surface area contributed by atoms with Crippen LogP contribution in [0.1, 0.15) is 24.8 Å². The van der Waals surface area contributed by atoms with Gasteiger partial charge in [-0.25, -0.2) is 15.0 Å². The van der Waals surface area contributed by atoms with Gasteiger partial charge in [0.15, 0.2) is 11.9 Å². The summed E-state index contributed by atoms with van der Waals surface area (Å²) in [5.41, 5.74) is 4.43. The number of fused-ring (bicyclic) bond motifs is 1. The molecule has 0 saturated heterocycles. The molecule has 0 spiro atoms. The van der Waals surface area contributed by atoms with Crippen LogP contribution in [0.4, 0.5) is 0 Å². The molecule has 5 aromatic rings. The van der Waals surface area contributed by atoms with Crippen molar-refractivity contribution in [3.8, 4) is 34.1 Å². The van der Waals surface area contributed by atoms with E-state index in [9.17, 15) is 0 Å². The highest BCUT2D eigenvalue weighted by atomic mass is 16.5. The van der Waals surface area contributed by atoms with Crippen LogP contribution >= 0.6 is 0 Å². The first-order chi connectivity index (χ1) is 16.0. The van der Waals surface area contributed by atoms with Crippen molar-refractivity contribution in [3.63, 3.8) is 0 Å². The molecule has 10 heteroatoms. The van der Waals surface area contributed by atoms with Gasteiger partial charge in [0.1, 0.15) is 23.2 Å². The largest absolute Gasteiger partial charge is 0.491 e. The third kappa shape index (κ3) is 3.86. The van der Waals surface area contributed by atoms with E-state index in [2.05, 4.69) is 25.3 Å². The fourth-order valence-corrected chi connectivity index (χ4v) is 3.54. The van der Waals surface area contributed by atoms with E-state index in [1.54, 1.807) is 31.7 Å². The Hall–Kier alpha value is -4.34. The Morgan fingerprint density at radius 1 is 1.06 bits per heavy atom. The summed E-state index contributed by atoms with van der Waals surface area (Å²) in [5.74, 6) is 1.51. The topological polar surface area (TPSA) is 114 Å². The zero-order chi connectivity index (χ0) is 22.9. The molecule has 0 saturated carbocycles. The second kappa shape index (κ2) is 8.30. The Morgan fingerprint density at radius 3 is 2.61 bits per heavy atom. The number of ether oxygens (including phenoxy) is 2. The van der Waals surface area contributed by atoms with Crippen molar-refractivity contribution in [1.82, 2.24) is 34.9 Å². The van der Waals surface area contributed by atoms with Gasteiger partial charge >= 0.3 is 0 Å². The van der Waals surface area contributed by atoms with Gasteiger partial charge in [-0.15, -0.1) is 10.2 Å². The number of methoxy groups -OCH3 is 1. The third-order valence-corrected chi connectivity index (χ3v) is 5.07. The van der Waals surface area contributed by atoms with E-state index in [-0.39, 0.29) is 5.88 Å². The minimum absolute atomic E-state index is 0.273. The molecule has 5 rings (SSSR count). The van der Waals surface area contributed by atoms with Crippen LogP contribution in [0.15, 0.2) is 53.3 Å². The summed E-state index contributed by atoms with van der Waals surface area (Å²) < 4.78 is 18.8. The van der Waals surface area contributed by atoms with Crippen molar-refractivity contribution in [3.05, 3.63) is 60.7 Å². The highest BCUT2D eigenvalue weighted by molar-refractivity contribution is 5.94. The summed E-state index contributed by atoms with van der Waals surface area (Å²) in [6, 6.07) is 11.7. The second-order valence-corrected chi connectivity index (χ2v) is 7.44. The summed E-state index contributed by atoms with van der Waals surface area (Å²) in [6.07, 6.45) is 2.89. The van der Waals surface area contributed by atoms with Crippen LogP contribution in [0.25, 0.3) is 33.5 Å². The molecule has 0 aliphatic heterocycles. The Morgan fingerprint density at radius 2 is 1.88 bits per heavy atom.